The first-order chi connectivity index (χ1) is 11.6. The predicted molar refractivity (Wildman–Crippen MR) is 97.4 cm³/mol. The summed E-state index contributed by atoms with van der Waals surface area (Å²) < 4.78 is 7.20. The summed E-state index contributed by atoms with van der Waals surface area (Å²) in [5, 5.41) is 3.12. The van der Waals surface area contributed by atoms with Crippen LogP contribution in [0.5, 0.6) is 0 Å². The van der Waals surface area contributed by atoms with Crippen LogP contribution in [0.1, 0.15) is 5.56 Å². The van der Waals surface area contributed by atoms with E-state index in [1.165, 1.54) is 12.7 Å². The number of methoxy groups -OCH3 is 1. The topological polar surface area (TPSA) is 63.1 Å². The third-order valence-corrected chi connectivity index (χ3v) is 5.43. The maximum atomic E-state index is 11.7. The Hall–Kier alpha value is -1.64. The molecule has 1 aliphatic heterocycles. The van der Waals surface area contributed by atoms with Gasteiger partial charge < -0.3 is 4.74 Å². The van der Waals surface area contributed by atoms with Gasteiger partial charge in [-0.15, -0.1) is 11.8 Å². The Morgan fingerprint density at radius 2 is 2.21 bits per heavy atom. The average Bonchev–Trinajstić information content (AvgIpc) is 2.95. The third kappa shape index (κ3) is 3.88. The van der Waals surface area contributed by atoms with Gasteiger partial charge >= 0.3 is 5.97 Å². The van der Waals surface area contributed by atoms with Crippen LogP contribution in [0.15, 0.2) is 24.3 Å². The van der Waals surface area contributed by atoms with E-state index in [9.17, 15) is 4.79 Å². The summed E-state index contributed by atoms with van der Waals surface area (Å²) in [7, 11) is 1.43. The van der Waals surface area contributed by atoms with E-state index < -0.39 is 0 Å². The van der Waals surface area contributed by atoms with Gasteiger partial charge in [-0.25, -0.2) is 4.68 Å². The Morgan fingerprint density at radius 1 is 1.46 bits per heavy atom. The quantitative estimate of drug-likeness (QED) is 0.664. The standard InChI is InChI=1S/C16H20N4O2S2/c1-11-3-5-12(6-4-11)14-17-16(23)20(18-14)10-19-7-8-24-13(9-19)15(21)22-2/h3-6,13H,7-10H2,1-2H3,(H,17,18,23)/t13-/m0/s1. The number of carbonyl (C=O) groups is 1. The van der Waals surface area contributed by atoms with E-state index in [2.05, 4.69) is 21.9 Å². The molecule has 3 rings (SSSR count). The second kappa shape index (κ2) is 7.50. The molecule has 1 saturated heterocycles. The van der Waals surface area contributed by atoms with E-state index in [0.717, 1.165) is 23.7 Å². The Labute approximate surface area is 150 Å². The largest absolute Gasteiger partial charge is 0.468 e. The molecule has 1 fully saturated rings. The highest BCUT2D eigenvalue weighted by atomic mass is 32.2. The number of hydrogen-bond donors (Lipinski definition) is 1. The molecule has 1 aromatic heterocycles. The first-order valence-electron chi connectivity index (χ1n) is 7.72. The maximum absolute atomic E-state index is 11.7. The van der Waals surface area contributed by atoms with Gasteiger partial charge in [0.2, 0.25) is 4.77 Å². The predicted octanol–water partition coefficient (Wildman–Crippen LogP) is 2.46. The summed E-state index contributed by atoms with van der Waals surface area (Å²) in [6.45, 7) is 4.19. The zero-order valence-electron chi connectivity index (χ0n) is 13.7. The van der Waals surface area contributed by atoms with Crippen LogP contribution in [0.3, 0.4) is 0 Å². The van der Waals surface area contributed by atoms with Gasteiger partial charge in [-0.3, -0.25) is 14.8 Å². The molecule has 24 heavy (non-hydrogen) atoms. The van der Waals surface area contributed by atoms with E-state index in [0.29, 0.717) is 18.0 Å². The Kier molecular flexibility index (Phi) is 5.37. The van der Waals surface area contributed by atoms with Gasteiger partial charge in [0.1, 0.15) is 5.25 Å². The molecular formula is C16H20N4O2S2. The molecule has 0 aliphatic carbocycles. The van der Waals surface area contributed by atoms with E-state index in [-0.39, 0.29) is 11.2 Å². The molecule has 0 saturated carbocycles. The third-order valence-electron chi connectivity index (χ3n) is 3.96. The van der Waals surface area contributed by atoms with Crippen molar-refractivity contribution in [2.75, 3.05) is 26.0 Å². The van der Waals surface area contributed by atoms with Gasteiger partial charge in [0.15, 0.2) is 5.82 Å². The minimum atomic E-state index is -0.168. The molecule has 0 unspecified atom stereocenters. The van der Waals surface area contributed by atoms with Gasteiger partial charge in [-0.1, -0.05) is 29.8 Å². The fourth-order valence-corrected chi connectivity index (χ4v) is 3.99. The van der Waals surface area contributed by atoms with Crippen molar-refractivity contribution < 1.29 is 9.53 Å². The molecule has 0 spiro atoms. The van der Waals surface area contributed by atoms with Crippen molar-refractivity contribution in [2.24, 2.45) is 0 Å². The molecule has 1 atom stereocenters. The van der Waals surface area contributed by atoms with Crippen LogP contribution >= 0.6 is 24.0 Å². The molecule has 8 heteroatoms. The molecule has 6 nitrogen and oxygen atoms in total. The number of benzene rings is 1. The monoisotopic (exact) mass is 364 g/mol. The highest BCUT2D eigenvalue weighted by Crippen LogP contribution is 2.21. The Bertz CT molecular complexity index is 769. The number of ether oxygens (including phenoxy) is 1. The van der Waals surface area contributed by atoms with Gasteiger partial charge in [0.25, 0.3) is 0 Å². The molecule has 0 amide bonds. The second-order valence-corrected chi connectivity index (χ2v) is 7.43. The molecule has 1 aromatic carbocycles. The van der Waals surface area contributed by atoms with Crippen molar-refractivity contribution in [3.63, 3.8) is 0 Å². The van der Waals surface area contributed by atoms with Crippen LogP contribution in [-0.2, 0) is 16.2 Å². The molecule has 128 valence electrons. The number of nitrogens with one attached hydrogen (secondary N) is 1. The Balaban J connectivity index is 1.73. The zero-order chi connectivity index (χ0) is 17.1. The van der Waals surface area contributed by atoms with Crippen LogP contribution in [0.4, 0.5) is 0 Å². The number of thioether (sulfide) groups is 1. The lowest BCUT2D eigenvalue weighted by Gasteiger charge is -2.30. The number of aromatic amines is 1. The Morgan fingerprint density at radius 3 is 2.92 bits per heavy atom. The summed E-state index contributed by atoms with van der Waals surface area (Å²) in [5.41, 5.74) is 2.21. The number of aromatic nitrogens is 3. The summed E-state index contributed by atoms with van der Waals surface area (Å²) in [6, 6.07) is 8.15. The van der Waals surface area contributed by atoms with Crippen molar-refractivity contribution in [1.29, 1.82) is 0 Å². The molecular weight excluding hydrogens is 344 g/mol. The van der Waals surface area contributed by atoms with E-state index in [1.807, 2.05) is 28.9 Å². The van der Waals surface area contributed by atoms with Crippen molar-refractivity contribution in [3.8, 4) is 11.4 Å². The highest BCUT2D eigenvalue weighted by molar-refractivity contribution is 8.00. The first-order valence-corrected chi connectivity index (χ1v) is 9.18. The molecule has 2 aromatic rings. The molecule has 1 aliphatic rings. The number of hydrogen-bond acceptors (Lipinski definition) is 6. The lowest BCUT2D eigenvalue weighted by atomic mass is 10.1. The number of esters is 1. The van der Waals surface area contributed by atoms with Gasteiger partial charge in [-0.2, -0.15) is 4.98 Å². The molecule has 0 radical (unpaired) electrons. The number of rotatable bonds is 4. The summed E-state index contributed by atoms with van der Waals surface area (Å²) in [6.07, 6.45) is 0. The van der Waals surface area contributed by atoms with E-state index in [4.69, 9.17) is 17.0 Å². The minimum Gasteiger partial charge on any atom is -0.468 e. The molecule has 0 bridgehead atoms. The fraction of sp³-hybridized carbons (Fsp3) is 0.438. The summed E-state index contributed by atoms with van der Waals surface area (Å²) in [5.74, 6) is 1.49. The van der Waals surface area contributed by atoms with Gasteiger partial charge in [0.05, 0.1) is 13.8 Å². The number of carbonyl (C=O) groups excluding carboxylic acids is 1. The van der Waals surface area contributed by atoms with Crippen LogP contribution in [0.25, 0.3) is 11.4 Å². The minimum absolute atomic E-state index is 0.141. The lowest BCUT2D eigenvalue weighted by Crippen LogP contribution is -2.42. The van der Waals surface area contributed by atoms with Crippen molar-refractivity contribution in [3.05, 3.63) is 34.6 Å². The zero-order valence-corrected chi connectivity index (χ0v) is 15.3. The van der Waals surface area contributed by atoms with Gasteiger partial charge in [0, 0.05) is 24.4 Å². The van der Waals surface area contributed by atoms with Crippen LogP contribution in [0.2, 0.25) is 0 Å². The highest BCUT2D eigenvalue weighted by Gasteiger charge is 2.27. The van der Waals surface area contributed by atoms with Crippen molar-refractivity contribution >= 4 is 29.9 Å². The van der Waals surface area contributed by atoms with Gasteiger partial charge in [-0.05, 0) is 19.1 Å². The average molecular weight is 364 g/mol. The normalized spacial score (nSPS) is 18.5. The first kappa shape index (κ1) is 17.2. The maximum Gasteiger partial charge on any atom is 0.320 e. The smallest absolute Gasteiger partial charge is 0.320 e. The van der Waals surface area contributed by atoms with Crippen LogP contribution in [-0.4, -0.2) is 56.8 Å². The summed E-state index contributed by atoms with van der Waals surface area (Å²) >= 11 is 7.01. The molecule has 2 heterocycles. The summed E-state index contributed by atoms with van der Waals surface area (Å²) in [4.78, 5) is 18.4. The number of H-pyrrole nitrogens is 1. The van der Waals surface area contributed by atoms with Crippen LogP contribution < -0.4 is 0 Å². The second-order valence-electron chi connectivity index (χ2n) is 5.75. The fourth-order valence-electron chi connectivity index (χ4n) is 2.60. The molecule has 1 N–H and O–H groups in total. The lowest BCUT2D eigenvalue weighted by molar-refractivity contribution is -0.140. The number of aryl methyl sites for hydroxylation is 1. The van der Waals surface area contributed by atoms with Crippen LogP contribution in [0, 0.1) is 11.7 Å². The van der Waals surface area contributed by atoms with E-state index in [1.54, 1.807) is 11.8 Å². The SMILES string of the molecule is COC(=O)[C@@H]1CN(Cn2[nH]c(-c3ccc(C)cc3)nc2=S)CCS1. The number of nitrogens with zero attached hydrogens (tertiary/aromatic N) is 3. The van der Waals surface area contributed by atoms with Crippen molar-refractivity contribution in [2.45, 2.75) is 18.8 Å². The van der Waals surface area contributed by atoms with Crippen molar-refractivity contribution in [1.82, 2.24) is 19.7 Å². The van der Waals surface area contributed by atoms with E-state index >= 15 is 0 Å².